The molecule has 1 saturated carbocycles. The predicted molar refractivity (Wildman–Crippen MR) is 112 cm³/mol. The first-order chi connectivity index (χ1) is 12.5. The molecule has 0 aromatic heterocycles. The normalized spacial score (nSPS) is 21.9. The number of guanidine groups is 1. The summed E-state index contributed by atoms with van der Waals surface area (Å²) in [4.78, 5) is 6.82. The minimum absolute atomic E-state index is 0. The molecule has 4 nitrogen and oxygen atoms in total. The molecule has 1 aromatic carbocycles. The second-order valence-electron chi connectivity index (χ2n) is 7.18. The molecule has 8 heteroatoms. The van der Waals surface area contributed by atoms with Crippen LogP contribution in [0.25, 0.3) is 0 Å². The van der Waals surface area contributed by atoms with Gasteiger partial charge < -0.3 is 10.6 Å². The van der Waals surface area contributed by atoms with Crippen LogP contribution in [0.15, 0.2) is 29.3 Å². The van der Waals surface area contributed by atoms with Crippen LogP contribution in [-0.2, 0) is 12.7 Å². The summed E-state index contributed by atoms with van der Waals surface area (Å²) in [5, 5.41) is 6.64. The maximum absolute atomic E-state index is 12.6. The Morgan fingerprint density at radius 3 is 2.41 bits per heavy atom. The van der Waals surface area contributed by atoms with Crippen LogP contribution in [0.1, 0.15) is 43.2 Å². The third kappa shape index (κ3) is 6.23. The van der Waals surface area contributed by atoms with Gasteiger partial charge in [0, 0.05) is 38.8 Å². The summed E-state index contributed by atoms with van der Waals surface area (Å²) in [6.07, 6.45) is 2.11. The molecule has 2 N–H and O–H groups in total. The number of benzene rings is 1. The van der Waals surface area contributed by atoms with Gasteiger partial charge in [0.2, 0.25) is 0 Å². The lowest BCUT2D eigenvalue weighted by molar-refractivity contribution is -0.137. The Kier molecular flexibility index (Phi) is 8.20. The second kappa shape index (κ2) is 9.95. The van der Waals surface area contributed by atoms with Crippen molar-refractivity contribution in [1.29, 1.82) is 0 Å². The molecule has 27 heavy (non-hydrogen) atoms. The molecular formula is C19H28F3IN4. The number of hydrogen-bond donors (Lipinski definition) is 2. The van der Waals surface area contributed by atoms with Gasteiger partial charge in [0.15, 0.2) is 5.96 Å². The van der Waals surface area contributed by atoms with Crippen LogP contribution in [0.3, 0.4) is 0 Å². The zero-order valence-electron chi connectivity index (χ0n) is 15.6. The fraction of sp³-hybridized carbons (Fsp3) is 0.632. The molecule has 1 unspecified atom stereocenters. The highest BCUT2D eigenvalue weighted by atomic mass is 127. The summed E-state index contributed by atoms with van der Waals surface area (Å²) in [6, 6.07) is 6.34. The van der Waals surface area contributed by atoms with Gasteiger partial charge in [-0.2, -0.15) is 13.2 Å². The van der Waals surface area contributed by atoms with Gasteiger partial charge in [0.05, 0.1) is 5.56 Å². The monoisotopic (exact) mass is 496 g/mol. The summed E-state index contributed by atoms with van der Waals surface area (Å²) in [5.41, 5.74) is 0.168. The first-order valence-corrected chi connectivity index (χ1v) is 9.33. The summed E-state index contributed by atoms with van der Waals surface area (Å²) in [7, 11) is 1.71. The highest BCUT2D eigenvalue weighted by Crippen LogP contribution is 2.29. The van der Waals surface area contributed by atoms with Crippen LogP contribution in [0.4, 0.5) is 13.2 Å². The fourth-order valence-corrected chi connectivity index (χ4v) is 3.89. The molecule has 0 amide bonds. The molecule has 0 spiro atoms. The molecule has 2 aliphatic rings. The number of nitrogens with zero attached hydrogens (tertiary/aromatic N) is 2. The quantitative estimate of drug-likeness (QED) is 0.376. The molecular weight excluding hydrogens is 468 g/mol. The van der Waals surface area contributed by atoms with Gasteiger partial charge in [0.25, 0.3) is 0 Å². The number of rotatable bonds is 4. The number of alkyl halides is 3. The standard InChI is InChI=1S/C19H27F3N4.HI/c1-23-18(24-12-14-6-8-15(9-7-14)19(20,21)22)25-16-10-11-26(13-16)17-4-2-3-5-17;/h6-9,16-17H,2-5,10-13H2,1H3,(H2,23,24,25);1H. The lowest BCUT2D eigenvalue weighted by atomic mass is 10.1. The largest absolute Gasteiger partial charge is 0.416 e. The second-order valence-corrected chi connectivity index (χ2v) is 7.18. The fourth-order valence-electron chi connectivity index (χ4n) is 3.89. The Morgan fingerprint density at radius 2 is 1.81 bits per heavy atom. The molecule has 2 fully saturated rings. The van der Waals surface area contributed by atoms with E-state index in [2.05, 4.69) is 20.5 Å². The first-order valence-electron chi connectivity index (χ1n) is 9.33. The molecule has 1 aliphatic carbocycles. The SMILES string of the molecule is CN=C(NCc1ccc(C(F)(F)F)cc1)NC1CCN(C2CCCC2)C1.I. The van der Waals surface area contributed by atoms with Gasteiger partial charge in [-0.25, -0.2) is 0 Å². The third-order valence-electron chi connectivity index (χ3n) is 5.37. The molecule has 1 atom stereocenters. The number of nitrogens with one attached hydrogen (secondary N) is 2. The van der Waals surface area contributed by atoms with Gasteiger partial charge in [-0.15, -0.1) is 24.0 Å². The van der Waals surface area contributed by atoms with E-state index >= 15 is 0 Å². The van der Waals surface area contributed by atoms with Gasteiger partial charge >= 0.3 is 6.18 Å². The van der Waals surface area contributed by atoms with E-state index in [1.165, 1.54) is 37.8 Å². The van der Waals surface area contributed by atoms with E-state index in [0.717, 1.165) is 43.2 Å². The van der Waals surface area contributed by atoms with E-state index in [4.69, 9.17) is 0 Å². The van der Waals surface area contributed by atoms with Crippen LogP contribution < -0.4 is 10.6 Å². The van der Waals surface area contributed by atoms with Crippen molar-refractivity contribution in [1.82, 2.24) is 15.5 Å². The number of aliphatic imine (C=N–C) groups is 1. The van der Waals surface area contributed by atoms with E-state index in [0.29, 0.717) is 18.5 Å². The molecule has 3 rings (SSSR count). The van der Waals surface area contributed by atoms with Crippen molar-refractivity contribution in [3.05, 3.63) is 35.4 Å². The Balaban J connectivity index is 0.00000261. The number of halogens is 4. The van der Waals surface area contributed by atoms with Crippen molar-refractivity contribution in [3.8, 4) is 0 Å². The number of likely N-dealkylation sites (tertiary alicyclic amines) is 1. The van der Waals surface area contributed by atoms with Crippen LogP contribution in [0.5, 0.6) is 0 Å². The van der Waals surface area contributed by atoms with Crippen molar-refractivity contribution in [3.63, 3.8) is 0 Å². The molecule has 152 valence electrons. The van der Waals surface area contributed by atoms with Gasteiger partial charge in [-0.1, -0.05) is 25.0 Å². The highest BCUT2D eigenvalue weighted by molar-refractivity contribution is 14.0. The zero-order chi connectivity index (χ0) is 18.6. The Hall–Kier alpha value is -1.03. The van der Waals surface area contributed by atoms with E-state index in [1.807, 2.05) is 0 Å². The number of hydrogen-bond acceptors (Lipinski definition) is 2. The van der Waals surface area contributed by atoms with E-state index < -0.39 is 11.7 Å². The zero-order valence-corrected chi connectivity index (χ0v) is 17.9. The minimum atomic E-state index is -4.29. The summed E-state index contributed by atoms with van der Waals surface area (Å²) < 4.78 is 37.8. The first kappa shape index (κ1) is 22.3. The van der Waals surface area contributed by atoms with E-state index in [1.54, 1.807) is 7.05 Å². The smallest absolute Gasteiger partial charge is 0.352 e. The van der Waals surface area contributed by atoms with Crippen LogP contribution in [0, 0.1) is 0 Å². The predicted octanol–water partition coefficient (Wildman–Crippen LogP) is 4.01. The van der Waals surface area contributed by atoms with Gasteiger partial charge in [-0.3, -0.25) is 9.89 Å². The maximum Gasteiger partial charge on any atom is 0.416 e. The van der Waals surface area contributed by atoms with Crippen LogP contribution in [-0.4, -0.2) is 43.1 Å². The summed E-state index contributed by atoms with van der Waals surface area (Å²) >= 11 is 0. The Bertz CT molecular complexity index is 612. The third-order valence-corrected chi connectivity index (χ3v) is 5.37. The maximum atomic E-state index is 12.6. The average Bonchev–Trinajstić information content (AvgIpc) is 3.29. The van der Waals surface area contributed by atoms with E-state index in [-0.39, 0.29) is 24.0 Å². The average molecular weight is 496 g/mol. The Labute approximate surface area is 176 Å². The van der Waals surface area contributed by atoms with Crippen LogP contribution >= 0.6 is 24.0 Å². The van der Waals surface area contributed by atoms with Gasteiger partial charge in [0.1, 0.15) is 0 Å². The minimum Gasteiger partial charge on any atom is -0.352 e. The topological polar surface area (TPSA) is 39.7 Å². The Morgan fingerprint density at radius 1 is 1.15 bits per heavy atom. The molecule has 1 saturated heterocycles. The van der Waals surface area contributed by atoms with Crippen molar-refractivity contribution >= 4 is 29.9 Å². The highest BCUT2D eigenvalue weighted by Gasteiger charge is 2.31. The summed E-state index contributed by atoms with van der Waals surface area (Å²) in [5.74, 6) is 0.697. The lowest BCUT2D eigenvalue weighted by Gasteiger charge is -2.24. The van der Waals surface area contributed by atoms with E-state index in [9.17, 15) is 13.2 Å². The van der Waals surface area contributed by atoms with Crippen LogP contribution in [0.2, 0.25) is 0 Å². The van der Waals surface area contributed by atoms with Gasteiger partial charge in [-0.05, 0) is 37.0 Å². The van der Waals surface area contributed by atoms with Crippen molar-refractivity contribution < 1.29 is 13.2 Å². The molecule has 1 heterocycles. The summed E-state index contributed by atoms with van der Waals surface area (Å²) in [6.45, 7) is 2.60. The van der Waals surface area contributed by atoms with Crippen molar-refractivity contribution in [2.24, 2.45) is 4.99 Å². The lowest BCUT2D eigenvalue weighted by Crippen LogP contribution is -2.45. The molecule has 1 aromatic rings. The molecule has 1 aliphatic heterocycles. The van der Waals surface area contributed by atoms with Crippen molar-refractivity contribution in [2.45, 2.75) is 56.9 Å². The molecule has 0 radical (unpaired) electrons. The van der Waals surface area contributed by atoms with Crippen molar-refractivity contribution in [2.75, 3.05) is 20.1 Å². The molecule has 0 bridgehead atoms.